The summed E-state index contributed by atoms with van der Waals surface area (Å²) in [7, 11) is 0. The smallest absolute Gasteiger partial charge is 0.133 e. The number of nitrogens with two attached hydrogens (primary N) is 2. The van der Waals surface area contributed by atoms with Gasteiger partial charge >= 0.3 is 0 Å². The highest BCUT2D eigenvalue weighted by atomic mass is 16.5. The normalized spacial score (nSPS) is 18.9. The first-order valence-corrected chi connectivity index (χ1v) is 21.0. The quantitative estimate of drug-likeness (QED) is 0.0950. The van der Waals surface area contributed by atoms with Gasteiger partial charge in [0, 0.05) is 16.8 Å². The summed E-state index contributed by atoms with van der Waals surface area (Å²) in [6.07, 6.45) is 22.1. The Morgan fingerprint density at radius 2 is 0.925 bits per heavy atom. The van der Waals surface area contributed by atoms with E-state index in [2.05, 4.69) is 58.9 Å². The fourth-order valence-corrected chi connectivity index (χ4v) is 9.77. The molecule has 2 aliphatic carbocycles. The Labute approximate surface area is 321 Å². The van der Waals surface area contributed by atoms with Gasteiger partial charge < -0.3 is 20.9 Å². The lowest BCUT2D eigenvalue weighted by atomic mass is 9.59. The Morgan fingerprint density at radius 3 is 1.36 bits per heavy atom. The van der Waals surface area contributed by atoms with Crippen molar-refractivity contribution >= 4 is 11.4 Å². The fraction of sp³-hybridized carbons (Fsp3) is 0.510. The molecule has 0 amide bonds. The third kappa shape index (κ3) is 9.61. The molecular formula is C49H66N2O2. The number of aryl methyl sites for hydroxylation is 4. The molecule has 53 heavy (non-hydrogen) atoms. The Bertz CT molecular complexity index is 1610. The molecule has 0 heterocycles. The van der Waals surface area contributed by atoms with E-state index in [1.54, 1.807) is 0 Å². The van der Waals surface area contributed by atoms with Crippen LogP contribution in [-0.4, -0.2) is 0 Å². The molecule has 6 rings (SSSR count). The highest BCUT2D eigenvalue weighted by Gasteiger charge is 2.42. The summed E-state index contributed by atoms with van der Waals surface area (Å²) in [5.74, 6) is 6.18. The molecule has 4 nitrogen and oxygen atoms in total. The van der Waals surface area contributed by atoms with Crippen LogP contribution in [0.5, 0.6) is 23.0 Å². The van der Waals surface area contributed by atoms with Gasteiger partial charge in [-0.1, -0.05) is 95.4 Å². The Balaban J connectivity index is 1.20. The van der Waals surface area contributed by atoms with Crippen molar-refractivity contribution in [1.29, 1.82) is 0 Å². The summed E-state index contributed by atoms with van der Waals surface area (Å²) in [6, 6.07) is 25.1. The van der Waals surface area contributed by atoms with E-state index in [0.29, 0.717) is 0 Å². The molecule has 0 spiro atoms. The van der Waals surface area contributed by atoms with Crippen LogP contribution in [0.15, 0.2) is 72.8 Å². The lowest BCUT2D eigenvalue weighted by molar-refractivity contribution is 0.140. The van der Waals surface area contributed by atoms with Gasteiger partial charge in [-0.05, 0) is 166 Å². The van der Waals surface area contributed by atoms with Crippen molar-refractivity contribution in [3.05, 3.63) is 106 Å². The second-order valence-corrected chi connectivity index (χ2v) is 16.8. The van der Waals surface area contributed by atoms with Crippen LogP contribution in [-0.2, 0) is 5.41 Å². The Hall–Kier alpha value is -3.92. The third-order valence-electron chi connectivity index (χ3n) is 12.9. The number of hydrogen-bond acceptors (Lipinski definition) is 4. The standard InChI is InChI=1S/C49H66N2O2/c1-6-7-8-9-10-11-12-13-38-14-16-39(17-15-38)40-26-28-49(29-27-40,41-30-34(2)47(35(3)31-41)52-45-22-18-43(50)19-23-45)42-32-36(4)48(37(5)33-42)53-46-24-20-44(51)21-25-46/h18-25,30-33,38-40H,6-17,26-29,50-51H2,1-5H3/t38-,39+. The van der Waals surface area contributed by atoms with Crippen molar-refractivity contribution in [3.8, 4) is 23.0 Å². The van der Waals surface area contributed by atoms with Crippen LogP contribution in [0, 0.1) is 45.4 Å². The van der Waals surface area contributed by atoms with Gasteiger partial charge in [0.15, 0.2) is 0 Å². The number of anilines is 2. The minimum atomic E-state index is -0.0602. The van der Waals surface area contributed by atoms with Crippen LogP contribution in [0.25, 0.3) is 0 Å². The minimum absolute atomic E-state index is 0.0602. The van der Waals surface area contributed by atoms with E-state index in [0.717, 1.165) is 52.1 Å². The predicted octanol–water partition coefficient (Wildman–Crippen LogP) is 14.1. The van der Waals surface area contributed by atoms with Crippen molar-refractivity contribution < 1.29 is 9.47 Å². The molecule has 4 heteroatoms. The molecule has 0 aliphatic heterocycles. The summed E-state index contributed by atoms with van der Waals surface area (Å²) in [5, 5.41) is 0. The van der Waals surface area contributed by atoms with Crippen molar-refractivity contribution in [1.82, 2.24) is 0 Å². The second kappa shape index (κ2) is 17.9. The molecule has 2 aliphatic rings. The average Bonchev–Trinajstić information content (AvgIpc) is 3.16. The molecule has 0 bridgehead atoms. The van der Waals surface area contributed by atoms with Gasteiger partial charge in [-0.2, -0.15) is 0 Å². The van der Waals surface area contributed by atoms with E-state index in [4.69, 9.17) is 20.9 Å². The molecule has 0 saturated heterocycles. The van der Waals surface area contributed by atoms with Gasteiger partial charge in [0.25, 0.3) is 0 Å². The maximum absolute atomic E-state index is 6.47. The number of ether oxygens (including phenoxy) is 2. The molecule has 4 N–H and O–H groups in total. The molecule has 2 saturated carbocycles. The predicted molar refractivity (Wildman–Crippen MR) is 224 cm³/mol. The van der Waals surface area contributed by atoms with E-state index in [1.165, 1.54) is 136 Å². The number of unbranched alkanes of at least 4 members (excludes halogenated alkanes) is 6. The second-order valence-electron chi connectivity index (χ2n) is 16.8. The lowest BCUT2D eigenvalue weighted by Gasteiger charge is -2.45. The van der Waals surface area contributed by atoms with Gasteiger partial charge in [-0.3, -0.25) is 0 Å². The van der Waals surface area contributed by atoms with Gasteiger partial charge in [0.1, 0.15) is 23.0 Å². The van der Waals surface area contributed by atoms with Crippen LogP contribution in [0.3, 0.4) is 0 Å². The van der Waals surface area contributed by atoms with Gasteiger partial charge in [0.05, 0.1) is 0 Å². The van der Waals surface area contributed by atoms with Crippen molar-refractivity contribution in [2.75, 3.05) is 11.5 Å². The summed E-state index contributed by atoms with van der Waals surface area (Å²) in [5.41, 5.74) is 20.9. The zero-order chi connectivity index (χ0) is 37.4. The molecule has 0 aromatic heterocycles. The van der Waals surface area contributed by atoms with Crippen LogP contribution >= 0.6 is 0 Å². The summed E-state index contributed by atoms with van der Waals surface area (Å²) in [4.78, 5) is 0. The van der Waals surface area contributed by atoms with Crippen LogP contribution in [0.1, 0.15) is 143 Å². The Kier molecular flexibility index (Phi) is 13.1. The van der Waals surface area contributed by atoms with E-state index in [1.807, 2.05) is 48.5 Å². The molecule has 2 fully saturated rings. The highest BCUT2D eigenvalue weighted by molar-refractivity contribution is 5.55. The van der Waals surface area contributed by atoms with Crippen LogP contribution < -0.4 is 20.9 Å². The zero-order valence-corrected chi connectivity index (χ0v) is 33.4. The molecule has 0 unspecified atom stereocenters. The maximum Gasteiger partial charge on any atom is 0.133 e. The SMILES string of the molecule is CCCCCCCCC[C@H]1CC[C@@H](C2CCC(c3cc(C)c(Oc4ccc(N)cc4)c(C)c3)(c3cc(C)c(Oc4ccc(N)cc4)c(C)c3)CC2)CC1. The minimum Gasteiger partial charge on any atom is -0.457 e. The molecule has 284 valence electrons. The van der Waals surface area contributed by atoms with Crippen molar-refractivity contribution in [2.45, 2.75) is 143 Å². The molecule has 0 atom stereocenters. The van der Waals surface area contributed by atoms with Gasteiger partial charge in [0.2, 0.25) is 0 Å². The third-order valence-corrected chi connectivity index (χ3v) is 12.9. The number of benzene rings is 4. The van der Waals surface area contributed by atoms with Crippen LogP contribution in [0.2, 0.25) is 0 Å². The zero-order valence-electron chi connectivity index (χ0n) is 33.4. The monoisotopic (exact) mass is 715 g/mol. The van der Waals surface area contributed by atoms with Crippen LogP contribution in [0.4, 0.5) is 11.4 Å². The lowest BCUT2D eigenvalue weighted by Crippen LogP contribution is -2.36. The van der Waals surface area contributed by atoms with E-state index < -0.39 is 0 Å². The summed E-state index contributed by atoms with van der Waals surface area (Å²) >= 11 is 0. The summed E-state index contributed by atoms with van der Waals surface area (Å²) < 4.78 is 12.9. The van der Waals surface area contributed by atoms with E-state index >= 15 is 0 Å². The molecule has 4 aromatic carbocycles. The number of nitrogen functional groups attached to an aromatic ring is 2. The maximum atomic E-state index is 6.47. The number of rotatable bonds is 15. The first-order chi connectivity index (χ1) is 25.6. The largest absolute Gasteiger partial charge is 0.457 e. The summed E-state index contributed by atoms with van der Waals surface area (Å²) in [6.45, 7) is 11.1. The van der Waals surface area contributed by atoms with Crippen molar-refractivity contribution in [3.63, 3.8) is 0 Å². The topological polar surface area (TPSA) is 70.5 Å². The molecule has 4 aromatic rings. The molecular weight excluding hydrogens is 649 g/mol. The highest BCUT2D eigenvalue weighted by Crippen LogP contribution is 2.52. The molecule has 0 radical (unpaired) electrons. The van der Waals surface area contributed by atoms with Crippen molar-refractivity contribution in [2.24, 2.45) is 17.8 Å². The van der Waals surface area contributed by atoms with E-state index in [-0.39, 0.29) is 5.41 Å². The Morgan fingerprint density at radius 1 is 0.528 bits per heavy atom. The average molecular weight is 715 g/mol. The fourth-order valence-electron chi connectivity index (χ4n) is 9.77. The number of hydrogen-bond donors (Lipinski definition) is 2. The first-order valence-electron chi connectivity index (χ1n) is 21.0. The van der Waals surface area contributed by atoms with Gasteiger partial charge in [-0.25, -0.2) is 0 Å². The van der Waals surface area contributed by atoms with E-state index in [9.17, 15) is 0 Å². The first kappa shape index (κ1) is 38.8. The van der Waals surface area contributed by atoms with Gasteiger partial charge in [-0.15, -0.1) is 0 Å².